The molecule has 0 radical (unpaired) electrons. The van der Waals surface area contributed by atoms with Gasteiger partial charge in [-0.2, -0.15) is 0 Å². The quantitative estimate of drug-likeness (QED) is 0.0925. The van der Waals surface area contributed by atoms with Crippen molar-refractivity contribution in [2.24, 2.45) is 11.8 Å². The molecule has 0 saturated carbocycles. The number of Topliss-reactive ketones (excluding diaryl/α,β-unsaturated/α-hetero) is 1. The van der Waals surface area contributed by atoms with Gasteiger partial charge in [-0.05, 0) is 45.4 Å². The summed E-state index contributed by atoms with van der Waals surface area (Å²) >= 11 is 0. The minimum absolute atomic E-state index is 0.0222. The molecule has 1 atom stereocenters. The molecule has 2 aliphatic rings. The Labute approximate surface area is 304 Å². The summed E-state index contributed by atoms with van der Waals surface area (Å²) in [5.74, 6) is -3.43. The molecule has 276 valence electrons. The highest BCUT2D eigenvalue weighted by Gasteiger charge is 2.44. The predicted molar refractivity (Wildman–Crippen MR) is 197 cm³/mol. The van der Waals surface area contributed by atoms with Crippen LogP contribution in [-0.2, 0) is 42.9 Å². The molecule has 0 saturated heterocycles. The van der Waals surface area contributed by atoms with Gasteiger partial charge in [0, 0.05) is 46.0 Å². The second-order valence-electron chi connectivity index (χ2n) is 12.5. The highest BCUT2D eigenvalue weighted by atomic mass is 16.5. The number of carbonyl (C=O) groups excluding carboxylic acids is 5. The topological polar surface area (TPSA) is 149 Å². The first-order valence-electron chi connectivity index (χ1n) is 16.7. The zero-order chi connectivity index (χ0) is 38.5. The van der Waals surface area contributed by atoms with E-state index in [-0.39, 0.29) is 65.8 Å². The monoisotopic (exact) mass is 715 g/mol. The number of allylic oxidation sites excluding steroid dienone is 6. The lowest BCUT2D eigenvalue weighted by molar-refractivity contribution is -0.530. The summed E-state index contributed by atoms with van der Waals surface area (Å²) in [6, 6.07) is 6.99. The Morgan fingerprint density at radius 1 is 0.692 bits per heavy atom. The van der Waals surface area contributed by atoms with Crippen molar-refractivity contribution >= 4 is 46.6 Å². The van der Waals surface area contributed by atoms with Crippen molar-refractivity contribution in [1.82, 2.24) is 0 Å². The summed E-state index contributed by atoms with van der Waals surface area (Å²) in [4.78, 5) is 62.8. The van der Waals surface area contributed by atoms with Crippen LogP contribution in [0.1, 0.15) is 33.3 Å². The lowest BCUT2D eigenvalue weighted by Gasteiger charge is -2.32. The van der Waals surface area contributed by atoms with Gasteiger partial charge in [-0.1, -0.05) is 50.6 Å². The Balaban J connectivity index is 1.73. The van der Waals surface area contributed by atoms with E-state index < -0.39 is 35.7 Å². The summed E-state index contributed by atoms with van der Waals surface area (Å²) in [6.45, 7) is 22.1. The number of aliphatic hydroxyl groups is 1. The van der Waals surface area contributed by atoms with Crippen LogP contribution in [0.2, 0.25) is 0 Å². The first-order chi connectivity index (χ1) is 24.6. The van der Waals surface area contributed by atoms with E-state index in [2.05, 4.69) is 26.3 Å². The second-order valence-corrected chi connectivity index (χ2v) is 12.5. The molecule has 0 aliphatic heterocycles. The molecule has 0 amide bonds. The van der Waals surface area contributed by atoms with Gasteiger partial charge in [-0.15, -0.1) is 0 Å². The van der Waals surface area contributed by atoms with Crippen LogP contribution in [-0.4, -0.2) is 97.7 Å². The lowest BCUT2D eigenvalue weighted by Crippen LogP contribution is -2.36. The van der Waals surface area contributed by atoms with Crippen molar-refractivity contribution in [2.45, 2.75) is 27.7 Å². The van der Waals surface area contributed by atoms with Crippen LogP contribution in [0.25, 0.3) is 5.57 Å². The number of hydrogen-bond donors (Lipinski definition) is 1. The van der Waals surface area contributed by atoms with E-state index in [1.807, 2.05) is 33.8 Å². The summed E-state index contributed by atoms with van der Waals surface area (Å²) in [5, 5.41) is 11.1. The fourth-order valence-corrected chi connectivity index (χ4v) is 5.17. The van der Waals surface area contributed by atoms with Gasteiger partial charge in [0.15, 0.2) is 37.8 Å². The molecule has 2 aliphatic carbocycles. The fourth-order valence-electron chi connectivity index (χ4n) is 5.17. The van der Waals surface area contributed by atoms with Crippen LogP contribution >= 0.6 is 0 Å². The Kier molecular flexibility index (Phi) is 14.9. The third-order valence-corrected chi connectivity index (χ3v) is 8.10. The van der Waals surface area contributed by atoms with Crippen molar-refractivity contribution in [3.05, 3.63) is 109 Å². The average molecular weight is 716 g/mol. The molecule has 1 aromatic rings. The van der Waals surface area contributed by atoms with Crippen LogP contribution in [0.15, 0.2) is 103 Å². The van der Waals surface area contributed by atoms with Gasteiger partial charge in [0.25, 0.3) is 0 Å². The summed E-state index contributed by atoms with van der Waals surface area (Å²) in [6.07, 6.45) is 7.27. The van der Waals surface area contributed by atoms with E-state index in [9.17, 15) is 29.1 Å². The molecule has 12 nitrogen and oxygen atoms in total. The number of ether oxygens (including phenoxy) is 4. The first kappa shape index (κ1) is 40.6. The van der Waals surface area contributed by atoms with Crippen LogP contribution in [0.4, 0.5) is 5.69 Å². The molecule has 3 rings (SSSR count). The largest absolute Gasteiger partial charge is 0.511 e. The molecule has 1 unspecified atom stereocenters. The zero-order valence-electron chi connectivity index (χ0n) is 30.3. The number of carbonyl (C=O) groups is 5. The highest BCUT2D eigenvalue weighted by Crippen LogP contribution is 2.42. The molecular formula is C40H47N2O10+. The van der Waals surface area contributed by atoms with Crippen molar-refractivity contribution in [2.75, 3.05) is 57.5 Å². The third kappa shape index (κ3) is 11.1. The first-order valence-corrected chi connectivity index (χ1v) is 16.7. The predicted octanol–water partition coefficient (Wildman–Crippen LogP) is 4.63. The average Bonchev–Trinajstić information content (AvgIpc) is 3.10. The van der Waals surface area contributed by atoms with Crippen LogP contribution < -0.4 is 4.90 Å². The SMILES string of the molecule is C=C(C)C(=O)OCCN(CCOC(=O)C(=C)C)c1ccc(C2=C(O)C(C3C=CC(=[N+](CCOC(=O)C(=C)C)CCOC(=O)C(=C)C)C=C3)C2=O)cc1. The molecule has 52 heavy (non-hydrogen) atoms. The molecule has 1 N–H and O–H groups in total. The molecule has 0 aromatic heterocycles. The number of ketones is 1. The van der Waals surface area contributed by atoms with E-state index in [1.165, 1.54) is 0 Å². The molecule has 0 heterocycles. The van der Waals surface area contributed by atoms with Crippen molar-refractivity contribution in [3.8, 4) is 0 Å². The van der Waals surface area contributed by atoms with E-state index in [0.29, 0.717) is 31.7 Å². The van der Waals surface area contributed by atoms with Gasteiger partial charge in [-0.3, -0.25) is 4.79 Å². The number of anilines is 1. The molecule has 1 aromatic carbocycles. The Hall–Kier alpha value is -5.78. The summed E-state index contributed by atoms with van der Waals surface area (Å²) in [5.41, 5.74) is 3.35. The minimum atomic E-state index is -0.757. The number of nitrogens with zero attached hydrogens (tertiary/aromatic N) is 2. The number of esters is 4. The zero-order valence-corrected chi connectivity index (χ0v) is 30.3. The Morgan fingerprint density at radius 2 is 1.10 bits per heavy atom. The third-order valence-electron chi connectivity index (χ3n) is 8.10. The Morgan fingerprint density at radius 3 is 1.48 bits per heavy atom. The van der Waals surface area contributed by atoms with Crippen molar-refractivity contribution in [3.63, 3.8) is 0 Å². The summed E-state index contributed by atoms with van der Waals surface area (Å²) < 4.78 is 22.9. The normalized spacial score (nSPS) is 16.0. The van der Waals surface area contributed by atoms with Gasteiger partial charge in [-0.25, -0.2) is 23.8 Å². The minimum Gasteiger partial charge on any atom is -0.511 e. The van der Waals surface area contributed by atoms with Gasteiger partial charge in [0.05, 0.1) is 24.6 Å². The smallest absolute Gasteiger partial charge is 0.333 e. The van der Waals surface area contributed by atoms with Gasteiger partial charge in [0.1, 0.15) is 19.0 Å². The molecular weight excluding hydrogens is 668 g/mol. The summed E-state index contributed by atoms with van der Waals surface area (Å²) in [7, 11) is 0. The molecule has 12 heteroatoms. The van der Waals surface area contributed by atoms with E-state index in [4.69, 9.17) is 18.9 Å². The molecule has 0 bridgehead atoms. The molecule has 0 fully saturated rings. The maximum absolute atomic E-state index is 13.4. The number of aliphatic hydroxyl groups excluding tert-OH is 1. The van der Waals surface area contributed by atoms with E-state index >= 15 is 0 Å². The van der Waals surface area contributed by atoms with Crippen molar-refractivity contribution < 1.29 is 52.6 Å². The number of rotatable bonds is 19. The van der Waals surface area contributed by atoms with Crippen LogP contribution in [0, 0.1) is 11.8 Å². The van der Waals surface area contributed by atoms with Crippen molar-refractivity contribution in [1.29, 1.82) is 0 Å². The standard InChI is InChI=1S/C40H46N2O10/c1-25(2)37(45)49-21-17-41(18-22-50-38(46)26(3)4)31-13-9-29(10-14-31)33-35(43)34(36(33)44)30-11-15-32(16-12-30)42(19-23-51-39(47)27(5)6)20-24-52-40(48)28(7)8/h9-16,29,33H,1,3,5,7,17-24H2,2,4,6,8H3/p+1. The van der Waals surface area contributed by atoms with Crippen LogP contribution in [0.5, 0.6) is 0 Å². The van der Waals surface area contributed by atoms with Crippen LogP contribution in [0.3, 0.4) is 0 Å². The van der Waals surface area contributed by atoms with E-state index in [0.717, 1.165) is 11.4 Å². The van der Waals surface area contributed by atoms with E-state index in [1.54, 1.807) is 52.0 Å². The Bertz CT molecular complexity index is 1680. The fraction of sp³-hybridized carbons (Fsp3) is 0.350. The highest BCUT2D eigenvalue weighted by molar-refractivity contribution is 6.30. The maximum Gasteiger partial charge on any atom is 0.333 e. The van der Waals surface area contributed by atoms with Gasteiger partial charge in [0.2, 0.25) is 0 Å². The van der Waals surface area contributed by atoms with Gasteiger partial charge >= 0.3 is 23.9 Å². The lowest BCUT2D eigenvalue weighted by atomic mass is 9.71. The number of benzene rings is 1. The maximum atomic E-state index is 13.4. The second kappa shape index (κ2) is 19.0. The van der Waals surface area contributed by atoms with Gasteiger partial charge < -0.3 is 29.0 Å². The number of hydrogen-bond acceptors (Lipinski definition) is 11. The molecule has 0 spiro atoms.